The molecule has 0 amide bonds. The van der Waals surface area contributed by atoms with Gasteiger partial charge >= 0.3 is 0 Å². The Balaban J connectivity index is 3.36. The second-order valence-electron chi connectivity index (χ2n) is 3.08. The molecule has 0 saturated carbocycles. The van der Waals surface area contributed by atoms with Gasteiger partial charge in [0.05, 0.1) is 12.7 Å². The van der Waals surface area contributed by atoms with Gasteiger partial charge in [-0.1, -0.05) is 0 Å². The lowest BCUT2D eigenvalue weighted by Crippen LogP contribution is -2.31. The quantitative estimate of drug-likeness (QED) is 0.346. The minimum absolute atomic E-state index is 0.0352. The van der Waals surface area contributed by atoms with E-state index >= 15 is 0 Å². The summed E-state index contributed by atoms with van der Waals surface area (Å²) in [7, 11) is 0. The van der Waals surface area contributed by atoms with E-state index in [9.17, 15) is 5.11 Å². The van der Waals surface area contributed by atoms with Crippen molar-refractivity contribution in [2.45, 2.75) is 32.3 Å². The molecule has 0 aromatic rings. The van der Waals surface area contributed by atoms with Gasteiger partial charge in [-0.2, -0.15) is 0 Å². The summed E-state index contributed by atoms with van der Waals surface area (Å²) in [6.45, 7) is 3.72. The summed E-state index contributed by atoms with van der Waals surface area (Å²) >= 11 is 0. The van der Waals surface area contributed by atoms with Crippen LogP contribution < -0.4 is 0 Å². The normalized spacial score (nSPS) is 17.4. The van der Waals surface area contributed by atoms with Crippen LogP contribution >= 0.6 is 0 Å². The molecule has 0 aromatic heterocycles. The van der Waals surface area contributed by atoms with Crippen molar-refractivity contribution in [1.82, 2.24) is 0 Å². The number of rotatable bonds is 9. The Hall–Kier alpha value is -0.240. The van der Waals surface area contributed by atoms with Gasteiger partial charge < -0.3 is 29.5 Å². The Kier molecular flexibility index (Phi) is 8.88. The molecular formula is C9H20O6. The van der Waals surface area contributed by atoms with Crippen molar-refractivity contribution < 1.29 is 29.5 Å². The third-order valence-corrected chi connectivity index (χ3v) is 1.65. The zero-order valence-corrected chi connectivity index (χ0v) is 9.13. The van der Waals surface area contributed by atoms with Gasteiger partial charge in [-0.15, -0.1) is 0 Å². The highest BCUT2D eigenvalue weighted by atomic mass is 16.7. The number of ether oxygens (including phenoxy) is 3. The van der Waals surface area contributed by atoms with Crippen molar-refractivity contribution in [1.29, 1.82) is 0 Å². The van der Waals surface area contributed by atoms with Crippen LogP contribution in [0.3, 0.4) is 0 Å². The summed E-state index contributed by atoms with van der Waals surface area (Å²) < 4.78 is 14.6. The smallest absolute Gasteiger partial charge is 0.178 e. The molecule has 3 unspecified atom stereocenters. The lowest BCUT2D eigenvalue weighted by Gasteiger charge is -2.17. The molecule has 6 heteroatoms. The first-order valence-corrected chi connectivity index (χ1v) is 4.89. The van der Waals surface area contributed by atoms with E-state index in [2.05, 4.69) is 0 Å². The highest BCUT2D eigenvalue weighted by Gasteiger charge is 2.13. The van der Waals surface area contributed by atoms with E-state index in [1.807, 2.05) is 6.92 Å². The van der Waals surface area contributed by atoms with E-state index in [0.717, 1.165) is 0 Å². The maximum Gasteiger partial charge on any atom is 0.178 e. The Labute approximate surface area is 89.4 Å². The predicted octanol–water partition coefficient (Wildman–Crippen LogP) is -0.926. The van der Waals surface area contributed by atoms with Crippen LogP contribution in [-0.2, 0) is 14.2 Å². The largest absolute Gasteiger partial charge is 0.391 e. The molecule has 0 aliphatic rings. The highest BCUT2D eigenvalue weighted by molar-refractivity contribution is 4.60. The Morgan fingerprint density at radius 3 is 2.27 bits per heavy atom. The van der Waals surface area contributed by atoms with Gasteiger partial charge in [0.15, 0.2) is 6.29 Å². The molecule has 0 aliphatic heterocycles. The van der Waals surface area contributed by atoms with Crippen molar-refractivity contribution in [3.05, 3.63) is 0 Å². The van der Waals surface area contributed by atoms with Gasteiger partial charge in [-0.3, -0.25) is 0 Å². The molecule has 6 nitrogen and oxygen atoms in total. The van der Waals surface area contributed by atoms with Crippen LogP contribution in [0.1, 0.15) is 13.8 Å². The van der Waals surface area contributed by atoms with Gasteiger partial charge in [0.2, 0.25) is 0 Å². The molecule has 3 N–H and O–H groups in total. The molecule has 3 atom stereocenters. The number of aliphatic hydroxyl groups is 3. The van der Waals surface area contributed by atoms with Crippen molar-refractivity contribution in [3.63, 3.8) is 0 Å². The van der Waals surface area contributed by atoms with Crippen LogP contribution in [-0.4, -0.2) is 60.4 Å². The number of hydrogen-bond donors (Lipinski definition) is 3. The van der Waals surface area contributed by atoms with Gasteiger partial charge in [-0.25, -0.2) is 0 Å². The van der Waals surface area contributed by atoms with E-state index in [1.54, 1.807) is 0 Å². The zero-order chi connectivity index (χ0) is 11.7. The summed E-state index contributed by atoms with van der Waals surface area (Å²) in [5, 5.41) is 27.2. The molecule has 0 aliphatic carbocycles. The molecule has 0 spiro atoms. The third-order valence-electron chi connectivity index (χ3n) is 1.65. The fourth-order valence-corrected chi connectivity index (χ4v) is 0.688. The minimum atomic E-state index is -1.13. The average molecular weight is 224 g/mol. The van der Waals surface area contributed by atoms with Gasteiger partial charge in [-0.05, 0) is 13.8 Å². The number of hydrogen-bond acceptors (Lipinski definition) is 6. The van der Waals surface area contributed by atoms with Gasteiger partial charge in [0.1, 0.15) is 19.5 Å². The molecule has 0 aromatic carbocycles. The Bertz CT molecular complexity index is 141. The van der Waals surface area contributed by atoms with E-state index in [4.69, 9.17) is 24.4 Å². The molecule has 0 rings (SSSR count). The van der Waals surface area contributed by atoms with Crippen LogP contribution in [0, 0.1) is 0 Å². The van der Waals surface area contributed by atoms with E-state index in [0.29, 0.717) is 6.61 Å². The summed E-state index contributed by atoms with van der Waals surface area (Å²) in [5.41, 5.74) is 0. The molecule has 15 heavy (non-hydrogen) atoms. The summed E-state index contributed by atoms with van der Waals surface area (Å²) in [4.78, 5) is 0. The number of aliphatic hydroxyl groups excluding tert-OH is 3. The van der Waals surface area contributed by atoms with Crippen molar-refractivity contribution in [2.75, 3.05) is 26.6 Å². The van der Waals surface area contributed by atoms with E-state index < -0.39 is 18.5 Å². The predicted molar refractivity (Wildman–Crippen MR) is 52.1 cm³/mol. The SMILES string of the molecule is CCOCOCC(O)OCC(O)C(C)O. The van der Waals surface area contributed by atoms with Gasteiger partial charge in [0.25, 0.3) is 0 Å². The fourth-order valence-electron chi connectivity index (χ4n) is 0.688. The molecule has 0 saturated heterocycles. The average Bonchev–Trinajstić information content (AvgIpc) is 2.20. The Morgan fingerprint density at radius 2 is 1.73 bits per heavy atom. The van der Waals surface area contributed by atoms with Crippen molar-refractivity contribution in [2.24, 2.45) is 0 Å². The minimum Gasteiger partial charge on any atom is -0.391 e. The molecule has 0 heterocycles. The maximum absolute atomic E-state index is 9.18. The van der Waals surface area contributed by atoms with Crippen molar-refractivity contribution in [3.8, 4) is 0 Å². The fraction of sp³-hybridized carbons (Fsp3) is 1.00. The lowest BCUT2D eigenvalue weighted by molar-refractivity contribution is -0.179. The van der Waals surface area contributed by atoms with Crippen LogP contribution in [0.4, 0.5) is 0 Å². The second-order valence-corrected chi connectivity index (χ2v) is 3.08. The lowest BCUT2D eigenvalue weighted by atomic mass is 10.2. The van der Waals surface area contributed by atoms with Crippen LogP contribution in [0.25, 0.3) is 0 Å². The molecule has 0 radical (unpaired) electrons. The first-order valence-electron chi connectivity index (χ1n) is 4.89. The summed E-state index contributed by atoms with van der Waals surface area (Å²) in [6, 6.07) is 0. The highest BCUT2D eigenvalue weighted by Crippen LogP contribution is 1.96. The topological polar surface area (TPSA) is 88.4 Å². The van der Waals surface area contributed by atoms with Gasteiger partial charge in [0, 0.05) is 6.61 Å². The molecule has 92 valence electrons. The first kappa shape index (κ1) is 14.8. The molecule has 0 bridgehead atoms. The summed E-state index contributed by atoms with van der Waals surface area (Å²) in [5.74, 6) is 0. The molecule has 0 fully saturated rings. The third kappa shape index (κ3) is 8.73. The summed E-state index contributed by atoms with van der Waals surface area (Å²) in [6.07, 6.45) is -3.02. The first-order chi connectivity index (χ1) is 7.07. The van der Waals surface area contributed by atoms with Crippen LogP contribution in [0.5, 0.6) is 0 Å². The monoisotopic (exact) mass is 224 g/mol. The zero-order valence-electron chi connectivity index (χ0n) is 9.13. The molecular weight excluding hydrogens is 204 g/mol. The second kappa shape index (κ2) is 9.02. The van der Waals surface area contributed by atoms with E-state index in [1.165, 1.54) is 6.92 Å². The Morgan fingerprint density at radius 1 is 1.07 bits per heavy atom. The van der Waals surface area contributed by atoms with Crippen LogP contribution in [0.2, 0.25) is 0 Å². The van der Waals surface area contributed by atoms with Crippen molar-refractivity contribution >= 4 is 0 Å². The van der Waals surface area contributed by atoms with Crippen LogP contribution in [0.15, 0.2) is 0 Å². The standard InChI is InChI=1S/C9H20O6/c1-3-13-6-14-5-9(12)15-4-8(11)7(2)10/h7-12H,3-6H2,1-2H3. The van der Waals surface area contributed by atoms with E-state index in [-0.39, 0.29) is 20.0 Å². The maximum atomic E-state index is 9.18.